The molecule has 7 heteroatoms. The van der Waals surface area contributed by atoms with E-state index in [0.717, 1.165) is 22.9 Å². The van der Waals surface area contributed by atoms with E-state index >= 15 is 0 Å². The highest BCUT2D eigenvalue weighted by atomic mass is 19.2. The largest absolute Gasteiger partial charge is 0.477 e. The van der Waals surface area contributed by atoms with Crippen molar-refractivity contribution in [1.82, 2.24) is 9.78 Å². The maximum Gasteiger partial charge on any atom is 0.354 e. The van der Waals surface area contributed by atoms with Crippen molar-refractivity contribution in [2.75, 3.05) is 0 Å². The van der Waals surface area contributed by atoms with Crippen LogP contribution in [0.25, 0.3) is 11.3 Å². The maximum absolute atomic E-state index is 13.5. The van der Waals surface area contributed by atoms with E-state index in [1.807, 2.05) is 0 Å². The Kier molecular flexibility index (Phi) is 2.82. The monoisotopic (exact) mass is 256 g/mol. The van der Waals surface area contributed by atoms with Gasteiger partial charge in [-0.1, -0.05) is 0 Å². The van der Waals surface area contributed by atoms with Gasteiger partial charge in [0, 0.05) is 12.6 Å². The maximum atomic E-state index is 13.5. The lowest BCUT2D eigenvalue weighted by Crippen LogP contribution is -2.04. The van der Waals surface area contributed by atoms with Gasteiger partial charge in [-0.2, -0.15) is 5.10 Å². The van der Waals surface area contributed by atoms with E-state index in [4.69, 9.17) is 5.11 Å². The summed E-state index contributed by atoms with van der Waals surface area (Å²) in [5.41, 5.74) is -0.558. The van der Waals surface area contributed by atoms with Crippen LogP contribution in [-0.4, -0.2) is 20.9 Å². The van der Waals surface area contributed by atoms with Gasteiger partial charge in [0.1, 0.15) is 5.69 Å². The van der Waals surface area contributed by atoms with Gasteiger partial charge in [0.2, 0.25) is 0 Å². The summed E-state index contributed by atoms with van der Waals surface area (Å²) in [7, 11) is 1.35. The number of carboxylic acids is 1. The molecule has 0 saturated carbocycles. The first-order valence-electron chi connectivity index (χ1n) is 4.83. The van der Waals surface area contributed by atoms with Crippen LogP contribution in [0.1, 0.15) is 10.5 Å². The van der Waals surface area contributed by atoms with E-state index in [1.54, 1.807) is 0 Å². The van der Waals surface area contributed by atoms with E-state index in [9.17, 15) is 18.0 Å². The molecule has 0 aliphatic rings. The van der Waals surface area contributed by atoms with E-state index < -0.39 is 23.4 Å². The summed E-state index contributed by atoms with van der Waals surface area (Å²) in [6.07, 6.45) is 0. The van der Waals surface area contributed by atoms with Gasteiger partial charge in [-0.05, 0) is 18.2 Å². The van der Waals surface area contributed by atoms with Gasteiger partial charge < -0.3 is 5.11 Å². The predicted molar refractivity (Wildman–Crippen MR) is 55.5 cm³/mol. The third-order valence-corrected chi connectivity index (χ3v) is 2.41. The predicted octanol–water partition coefficient (Wildman–Crippen LogP) is 2.20. The van der Waals surface area contributed by atoms with Crippen LogP contribution in [0.4, 0.5) is 13.2 Å². The number of hydrogen-bond acceptors (Lipinski definition) is 2. The number of aromatic carboxylic acids is 1. The zero-order valence-corrected chi connectivity index (χ0v) is 9.12. The molecule has 0 unspecified atom stereocenters. The minimum atomic E-state index is -1.62. The molecule has 0 aliphatic carbocycles. The van der Waals surface area contributed by atoms with Crippen molar-refractivity contribution < 1.29 is 23.1 Å². The molecule has 4 nitrogen and oxygen atoms in total. The highest BCUT2D eigenvalue weighted by Gasteiger charge is 2.19. The second-order valence-corrected chi connectivity index (χ2v) is 3.57. The molecule has 0 fully saturated rings. The van der Waals surface area contributed by atoms with E-state index in [1.165, 1.54) is 7.05 Å². The summed E-state index contributed by atoms with van der Waals surface area (Å²) < 4.78 is 40.3. The first-order valence-corrected chi connectivity index (χ1v) is 4.83. The van der Waals surface area contributed by atoms with Crippen LogP contribution < -0.4 is 0 Å². The third-order valence-electron chi connectivity index (χ3n) is 2.41. The number of carbonyl (C=O) groups is 1. The highest BCUT2D eigenvalue weighted by molar-refractivity contribution is 5.87. The fraction of sp³-hybridized carbons (Fsp3) is 0.0909. The highest BCUT2D eigenvalue weighted by Crippen LogP contribution is 2.25. The van der Waals surface area contributed by atoms with Gasteiger partial charge in [-0.25, -0.2) is 18.0 Å². The molecule has 0 amide bonds. The average Bonchev–Trinajstić information content (AvgIpc) is 2.68. The lowest BCUT2D eigenvalue weighted by molar-refractivity contribution is 0.0685. The minimum absolute atomic E-state index is 0.0775. The smallest absolute Gasteiger partial charge is 0.354 e. The number of hydrogen-bond donors (Lipinski definition) is 1. The number of nitrogens with zero attached hydrogens (tertiary/aromatic N) is 2. The summed E-state index contributed by atoms with van der Waals surface area (Å²) in [4.78, 5) is 10.8. The van der Waals surface area contributed by atoms with Crippen LogP contribution in [0.3, 0.4) is 0 Å². The summed E-state index contributed by atoms with van der Waals surface area (Å²) in [6.45, 7) is 0. The minimum Gasteiger partial charge on any atom is -0.477 e. The van der Waals surface area contributed by atoms with Crippen LogP contribution >= 0.6 is 0 Å². The van der Waals surface area contributed by atoms with Crippen molar-refractivity contribution in [3.05, 3.63) is 41.3 Å². The van der Waals surface area contributed by atoms with Crippen molar-refractivity contribution in [2.24, 2.45) is 7.05 Å². The van der Waals surface area contributed by atoms with Crippen molar-refractivity contribution >= 4 is 5.97 Å². The van der Waals surface area contributed by atoms with E-state index in [0.29, 0.717) is 0 Å². The number of carboxylic acid groups (broad SMARTS) is 1. The van der Waals surface area contributed by atoms with Crippen LogP contribution in [-0.2, 0) is 7.05 Å². The molecule has 2 rings (SSSR count). The average molecular weight is 256 g/mol. The standard InChI is InChI=1S/C11H7F3N2O2/c1-16-8(11(17)18)4-7(15-16)5-2-3-6(12)10(14)9(5)13/h2-4H,1H3,(H,17,18). The zero-order chi connectivity index (χ0) is 13.4. The van der Waals surface area contributed by atoms with Crippen molar-refractivity contribution in [3.63, 3.8) is 0 Å². The van der Waals surface area contributed by atoms with Crippen molar-refractivity contribution in [3.8, 4) is 11.3 Å². The van der Waals surface area contributed by atoms with Gasteiger partial charge in [0.05, 0.1) is 5.69 Å². The molecule has 0 atom stereocenters. The van der Waals surface area contributed by atoms with Gasteiger partial charge in [0.15, 0.2) is 17.5 Å². The molecule has 1 heterocycles. The first kappa shape index (κ1) is 12.2. The SMILES string of the molecule is Cn1nc(-c2ccc(F)c(F)c2F)cc1C(=O)O. The normalized spacial score (nSPS) is 10.7. The number of rotatable bonds is 2. The molecule has 2 aromatic rings. The second kappa shape index (κ2) is 4.17. The fourth-order valence-electron chi connectivity index (χ4n) is 1.52. The Morgan fingerprint density at radius 2 is 1.94 bits per heavy atom. The molecule has 1 aromatic carbocycles. The molecule has 18 heavy (non-hydrogen) atoms. The van der Waals surface area contributed by atoms with Gasteiger partial charge >= 0.3 is 5.97 Å². The van der Waals surface area contributed by atoms with Crippen molar-refractivity contribution in [1.29, 1.82) is 0 Å². The summed E-state index contributed by atoms with van der Waals surface area (Å²) in [6, 6.07) is 2.84. The Morgan fingerprint density at radius 1 is 1.28 bits per heavy atom. The van der Waals surface area contributed by atoms with Gasteiger partial charge in [0.25, 0.3) is 0 Å². The van der Waals surface area contributed by atoms with Crippen molar-refractivity contribution in [2.45, 2.75) is 0 Å². The molecule has 1 N–H and O–H groups in total. The first-order chi connectivity index (χ1) is 8.41. The molecule has 94 valence electrons. The number of halogens is 3. The molecule has 0 aliphatic heterocycles. The molecule has 0 radical (unpaired) electrons. The molecule has 0 bridgehead atoms. The Morgan fingerprint density at radius 3 is 2.50 bits per heavy atom. The van der Waals surface area contributed by atoms with E-state index in [2.05, 4.69) is 5.10 Å². The lowest BCUT2D eigenvalue weighted by atomic mass is 10.1. The van der Waals surface area contributed by atoms with Gasteiger partial charge in [-0.3, -0.25) is 4.68 Å². The molecule has 0 spiro atoms. The molecule has 1 aromatic heterocycles. The van der Waals surface area contributed by atoms with Crippen LogP contribution in [0.15, 0.2) is 18.2 Å². The zero-order valence-electron chi connectivity index (χ0n) is 9.12. The lowest BCUT2D eigenvalue weighted by Gasteiger charge is -2.00. The van der Waals surface area contributed by atoms with Crippen LogP contribution in [0.5, 0.6) is 0 Å². The third kappa shape index (κ3) is 1.83. The summed E-state index contributed by atoms with van der Waals surface area (Å²) in [5, 5.41) is 12.5. The summed E-state index contributed by atoms with van der Waals surface area (Å²) >= 11 is 0. The van der Waals surface area contributed by atoms with Crippen LogP contribution in [0.2, 0.25) is 0 Å². The van der Waals surface area contributed by atoms with E-state index in [-0.39, 0.29) is 17.0 Å². The Bertz CT molecular complexity index is 637. The number of aromatic nitrogens is 2. The van der Waals surface area contributed by atoms with Crippen LogP contribution in [0, 0.1) is 17.5 Å². The topological polar surface area (TPSA) is 55.1 Å². The van der Waals surface area contributed by atoms with Gasteiger partial charge in [-0.15, -0.1) is 0 Å². The number of benzene rings is 1. The molecular formula is C11H7F3N2O2. The fourth-order valence-corrected chi connectivity index (χ4v) is 1.52. The quantitative estimate of drug-likeness (QED) is 0.838. The number of aryl methyl sites for hydroxylation is 1. The summed E-state index contributed by atoms with van der Waals surface area (Å²) in [5.74, 6) is -5.58. The molecule has 0 saturated heterocycles. The Balaban J connectivity index is 2.60. The Labute approximate surface area is 99.3 Å². The Hall–Kier alpha value is -2.31. The molecular weight excluding hydrogens is 249 g/mol. The second-order valence-electron chi connectivity index (χ2n) is 3.57.